The van der Waals surface area contributed by atoms with Crippen LogP contribution in [0.25, 0.3) is 0 Å². The van der Waals surface area contributed by atoms with Gasteiger partial charge < -0.3 is 23.7 Å². The van der Waals surface area contributed by atoms with Gasteiger partial charge in [-0.15, -0.1) is 6.58 Å². The molecule has 0 aromatic carbocycles. The second kappa shape index (κ2) is 5.78. The molecule has 2 heterocycles. The van der Waals surface area contributed by atoms with Crippen molar-refractivity contribution < 1.29 is 28.5 Å². The summed E-state index contributed by atoms with van der Waals surface area (Å²) < 4.78 is 30.3. The fourth-order valence-electron chi connectivity index (χ4n) is 3.81. The normalized spacial score (nSPS) is 41.7. The average Bonchev–Trinajstić information content (AvgIpc) is 2.93. The van der Waals surface area contributed by atoms with Crippen LogP contribution in [0.5, 0.6) is 0 Å². The van der Waals surface area contributed by atoms with Gasteiger partial charge in [-0.25, -0.2) is 0 Å². The number of ether oxygens (including phenoxy) is 5. The molecule has 2 saturated heterocycles. The van der Waals surface area contributed by atoms with E-state index in [9.17, 15) is 4.79 Å². The van der Waals surface area contributed by atoms with E-state index < -0.39 is 29.2 Å². The summed E-state index contributed by atoms with van der Waals surface area (Å²) in [4.78, 5) is 12.5. The van der Waals surface area contributed by atoms with Crippen molar-refractivity contribution >= 4 is 5.97 Å². The average molecular weight is 354 g/mol. The van der Waals surface area contributed by atoms with Crippen LogP contribution in [0.3, 0.4) is 0 Å². The van der Waals surface area contributed by atoms with E-state index in [1.807, 2.05) is 48.5 Å². The van der Waals surface area contributed by atoms with Crippen LogP contribution in [0, 0.1) is 11.3 Å². The number of carbonyl (C=O) groups excluding carboxylic acids is 1. The molecule has 1 saturated carbocycles. The van der Waals surface area contributed by atoms with E-state index in [2.05, 4.69) is 6.58 Å². The van der Waals surface area contributed by atoms with E-state index in [0.717, 1.165) is 0 Å². The summed E-state index contributed by atoms with van der Waals surface area (Å²) in [6, 6.07) is 0. The molecule has 0 N–H and O–H groups in total. The van der Waals surface area contributed by atoms with E-state index in [0.29, 0.717) is 0 Å². The molecule has 0 bridgehead atoms. The predicted molar refractivity (Wildman–Crippen MR) is 90.7 cm³/mol. The minimum absolute atomic E-state index is 0.239. The van der Waals surface area contributed by atoms with Crippen molar-refractivity contribution in [3.63, 3.8) is 0 Å². The van der Waals surface area contributed by atoms with Crippen LogP contribution >= 0.6 is 0 Å². The molecule has 142 valence electrons. The summed E-state index contributed by atoms with van der Waals surface area (Å²) in [6.07, 6.45) is -0.152. The van der Waals surface area contributed by atoms with Crippen molar-refractivity contribution in [2.24, 2.45) is 11.3 Å². The highest BCUT2D eigenvalue weighted by Crippen LogP contribution is 2.48. The third kappa shape index (κ3) is 3.37. The Morgan fingerprint density at radius 2 is 1.36 bits per heavy atom. The molecule has 3 aliphatic rings. The van der Waals surface area contributed by atoms with Gasteiger partial charge in [0.15, 0.2) is 11.6 Å². The highest BCUT2D eigenvalue weighted by atomic mass is 16.8. The van der Waals surface area contributed by atoms with Crippen LogP contribution in [0.4, 0.5) is 0 Å². The first-order valence-corrected chi connectivity index (χ1v) is 8.89. The number of carbonyl (C=O) groups is 1. The van der Waals surface area contributed by atoms with Crippen LogP contribution in [-0.2, 0) is 28.5 Å². The van der Waals surface area contributed by atoms with Gasteiger partial charge in [0, 0.05) is 5.92 Å². The lowest BCUT2D eigenvalue weighted by Gasteiger charge is -2.42. The summed E-state index contributed by atoms with van der Waals surface area (Å²) in [7, 11) is 0. The Labute approximate surface area is 149 Å². The molecule has 0 aromatic rings. The summed E-state index contributed by atoms with van der Waals surface area (Å²) in [6.45, 7) is 16.9. The number of fused-ring (bicyclic) bond motifs is 3. The fraction of sp³-hybridized carbons (Fsp3) is 0.842. The van der Waals surface area contributed by atoms with Crippen molar-refractivity contribution in [2.75, 3.05) is 0 Å². The molecule has 3 fully saturated rings. The second-order valence-corrected chi connectivity index (χ2v) is 9.06. The van der Waals surface area contributed by atoms with Gasteiger partial charge in [0.1, 0.15) is 24.4 Å². The molecular weight excluding hydrogens is 324 g/mol. The number of esters is 1. The van der Waals surface area contributed by atoms with Crippen LogP contribution in [0.15, 0.2) is 12.7 Å². The lowest BCUT2D eigenvalue weighted by Crippen LogP contribution is -2.59. The predicted octanol–water partition coefficient (Wildman–Crippen LogP) is 2.80. The second-order valence-electron chi connectivity index (χ2n) is 9.06. The fourth-order valence-corrected chi connectivity index (χ4v) is 3.81. The first-order valence-electron chi connectivity index (χ1n) is 8.89. The Kier molecular flexibility index (Phi) is 4.35. The van der Waals surface area contributed by atoms with E-state index >= 15 is 0 Å². The molecule has 6 heteroatoms. The molecule has 25 heavy (non-hydrogen) atoms. The summed E-state index contributed by atoms with van der Waals surface area (Å²) >= 11 is 0. The molecule has 1 aliphatic carbocycles. The molecule has 0 aromatic heterocycles. The molecule has 0 unspecified atom stereocenters. The van der Waals surface area contributed by atoms with Gasteiger partial charge in [-0.3, -0.25) is 4.79 Å². The highest BCUT2D eigenvalue weighted by Gasteiger charge is 2.64. The van der Waals surface area contributed by atoms with Gasteiger partial charge in [0.05, 0.1) is 11.5 Å². The first kappa shape index (κ1) is 18.8. The maximum absolute atomic E-state index is 12.5. The lowest BCUT2D eigenvalue weighted by molar-refractivity contribution is -0.189. The van der Waals surface area contributed by atoms with E-state index in [1.54, 1.807) is 6.08 Å². The minimum atomic E-state index is -0.779. The lowest BCUT2D eigenvalue weighted by atomic mass is 9.78. The van der Waals surface area contributed by atoms with Crippen LogP contribution < -0.4 is 0 Å². The number of hydrogen-bond donors (Lipinski definition) is 0. The van der Waals surface area contributed by atoms with Gasteiger partial charge in [-0.2, -0.15) is 0 Å². The zero-order chi connectivity index (χ0) is 18.8. The number of hydrogen-bond acceptors (Lipinski definition) is 6. The van der Waals surface area contributed by atoms with Gasteiger partial charge >= 0.3 is 5.97 Å². The SMILES string of the molecule is C=C[C@H]1[C@@H]2OC(C)(C)O[C@@H]2[C@@H]2OC(C)(C)O[C@@H]2[C@H]1OC(=O)C(C)(C)C. The highest BCUT2D eigenvalue weighted by molar-refractivity contribution is 5.75. The van der Waals surface area contributed by atoms with Crippen molar-refractivity contribution in [1.82, 2.24) is 0 Å². The van der Waals surface area contributed by atoms with Crippen LogP contribution in [0.2, 0.25) is 0 Å². The van der Waals surface area contributed by atoms with E-state index in [-0.39, 0.29) is 30.2 Å². The Hall–Kier alpha value is -0.950. The van der Waals surface area contributed by atoms with Crippen molar-refractivity contribution in [1.29, 1.82) is 0 Å². The molecule has 3 rings (SSSR count). The summed E-state index contributed by atoms with van der Waals surface area (Å²) in [5.41, 5.74) is -0.612. The Morgan fingerprint density at radius 3 is 1.84 bits per heavy atom. The Morgan fingerprint density at radius 1 is 0.920 bits per heavy atom. The van der Waals surface area contributed by atoms with Crippen molar-refractivity contribution in [2.45, 2.75) is 90.6 Å². The molecule has 0 radical (unpaired) electrons. The molecule has 2 aliphatic heterocycles. The topological polar surface area (TPSA) is 63.2 Å². The van der Waals surface area contributed by atoms with Gasteiger partial charge in [0.2, 0.25) is 0 Å². The quantitative estimate of drug-likeness (QED) is 0.561. The summed E-state index contributed by atoms with van der Waals surface area (Å²) in [5, 5.41) is 0. The van der Waals surface area contributed by atoms with Gasteiger partial charge in [0.25, 0.3) is 0 Å². The van der Waals surface area contributed by atoms with Gasteiger partial charge in [-0.05, 0) is 48.5 Å². The summed E-state index contributed by atoms with van der Waals surface area (Å²) in [5.74, 6) is -2.04. The van der Waals surface area contributed by atoms with E-state index in [1.165, 1.54) is 0 Å². The maximum Gasteiger partial charge on any atom is 0.311 e. The Balaban J connectivity index is 1.95. The third-order valence-corrected chi connectivity index (χ3v) is 4.86. The van der Waals surface area contributed by atoms with Crippen LogP contribution in [-0.4, -0.2) is 48.1 Å². The van der Waals surface area contributed by atoms with E-state index in [4.69, 9.17) is 23.7 Å². The third-order valence-electron chi connectivity index (χ3n) is 4.86. The Bertz CT molecular complexity index is 561. The molecular formula is C19H30O6. The monoisotopic (exact) mass is 354 g/mol. The van der Waals surface area contributed by atoms with Crippen LogP contribution in [0.1, 0.15) is 48.5 Å². The number of rotatable bonds is 2. The van der Waals surface area contributed by atoms with Crippen molar-refractivity contribution in [3.05, 3.63) is 12.7 Å². The molecule has 6 atom stereocenters. The molecule has 6 nitrogen and oxygen atoms in total. The van der Waals surface area contributed by atoms with Gasteiger partial charge in [-0.1, -0.05) is 6.08 Å². The molecule has 0 amide bonds. The smallest absolute Gasteiger partial charge is 0.311 e. The first-order chi connectivity index (χ1) is 11.3. The zero-order valence-corrected chi connectivity index (χ0v) is 16.2. The molecule has 0 spiro atoms. The largest absolute Gasteiger partial charge is 0.458 e. The maximum atomic E-state index is 12.5. The minimum Gasteiger partial charge on any atom is -0.458 e. The zero-order valence-electron chi connectivity index (χ0n) is 16.2. The van der Waals surface area contributed by atoms with Crippen molar-refractivity contribution in [3.8, 4) is 0 Å². The standard InChI is InChI=1S/C19H30O6/c1-9-10-11(21-16(20)17(2,3)4)13-15(25-19(7,8)23-13)14-12(10)22-18(5,6)24-14/h9-15H,1H2,2-8H3/t10-,11+,12+,13-,14+,15-/m1/s1.